The average Bonchev–Trinajstić information content (AvgIpc) is 4.09. The molecule has 5 N–H and O–H groups in total. The summed E-state index contributed by atoms with van der Waals surface area (Å²) in [5.74, 6) is -8.71. The molecule has 20 heteroatoms. The van der Waals surface area contributed by atoms with E-state index in [2.05, 4.69) is 21.3 Å². The number of rotatable bonds is 14. The van der Waals surface area contributed by atoms with Crippen LogP contribution in [0, 0.1) is 29.6 Å². The van der Waals surface area contributed by atoms with Crippen LogP contribution in [0.15, 0.2) is 24.3 Å². The van der Waals surface area contributed by atoms with Crippen LogP contribution < -0.4 is 26.0 Å². The standard InChI is InChI=1S/C54H85N7O13/c1-14-32(8)44-42(62)28-43(63)74-47(31(6)7)46(64)33(9)48(65)56-38(25-29(2)3)52(69)61-24-16-18-39(61)53(70)60(12)41(27-35-19-21-36(72-13)22-20-35)54(71)73-34(10)45(50(67)57-44)58-49(66)40(26-30(4)5)59(11)51(68)37-17-15-23-55-37/h19-22,29-34,37-42,44-45,47,55,62H,14-18,23-28H2,1-13H3,(H,56,65)(H,57,67)(H,58,66)/t32-,33-,34-,37-,38+,39-,40+,41-,42+,44-,45-,47+/m0/s1. The minimum Gasteiger partial charge on any atom is -0.497 e. The molecule has 3 saturated heterocycles. The number of aliphatic hydroxyl groups excluding tert-OH is 1. The summed E-state index contributed by atoms with van der Waals surface area (Å²) in [6.45, 7) is 17.9. The largest absolute Gasteiger partial charge is 0.497 e. The highest BCUT2D eigenvalue weighted by Crippen LogP contribution is 2.26. The molecular formula is C54H85N7O13. The lowest BCUT2D eigenvalue weighted by Crippen LogP contribution is -2.62. The molecule has 3 heterocycles. The number of esters is 2. The number of fused-ring (bicyclic) bond motifs is 1. The van der Waals surface area contributed by atoms with Gasteiger partial charge in [-0.2, -0.15) is 0 Å². The van der Waals surface area contributed by atoms with Crippen molar-refractivity contribution in [2.75, 3.05) is 34.3 Å². The summed E-state index contributed by atoms with van der Waals surface area (Å²) in [6.07, 6.45) is -2.50. The highest BCUT2D eigenvalue weighted by molar-refractivity contribution is 6.05. The van der Waals surface area contributed by atoms with E-state index < -0.39 is 132 Å². The molecule has 414 valence electrons. The van der Waals surface area contributed by atoms with Gasteiger partial charge in [-0.3, -0.25) is 38.4 Å². The van der Waals surface area contributed by atoms with Crippen LogP contribution in [0.3, 0.4) is 0 Å². The third kappa shape index (κ3) is 15.9. The van der Waals surface area contributed by atoms with Gasteiger partial charge < -0.3 is 55.3 Å². The van der Waals surface area contributed by atoms with Crippen LogP contribution >= 0.6 is 0 Å². The number of hydrogen-bond acceptors (Lipinski definition) is 14. The van der Waals surface area contributed by atoms with Crippen LogP contribution in [0.1, 0.15) is 126 Å². The summed E-state index contributed by atoms with van der Waals surface area (Å²) in [5, 5.41) is 23.3. The Labute approximate surface area is 437 Å². The van der Waals surface area contributed by atoms with Gasteiger partial charge in [-0.25, -0.2) is 4.79 Å². The molecule has 12 atom stereocenters. The molecule has 0 unspecified atom stereocenters. The van der Waals surface area contributed by atoms with E-state index >= 15 is 0 Å². The number of nitrogens with one attached hydrogen (secondary N) is 4. The van der Waals surface area contributed by atoms with Gasteiger partial charge in [-0.1, -0.05) is 73.9 Å². The number of Topliss-reactive ketones (excluding diaryl/α,β-unsaturated/α-hetero) is 1. The molecule has 74 heavy (non-hydrogen) atoms. The molecule has 0 radical (unpaired) electrons. The summed E-state index contributed by atoms with van der Waals surface area (Å²) >= 11 is 0. The van der Waals surface area contributed by atoms with Crippen LogP contribution in [0.5, 0.6) is 5.75 Å². The number of aliphatic hydroxyl groups is 1. The Hall–Kier alpha value is -5.63. The molecule has 20 nitrogen and oxygen atoms in total. The third-order valence-electron chi connectivity index (χ3n) is 14.7. The molecule has 3 aliphatic heterocycles. The zero-order valence-corrected chi connectivity index (χ0v) is 45.9. The van der Waals surface area contributed by atoms with Gasteiger partial charge in [0.15, 0.2) is 11.9 Å². The number of ether oxygens (including phenoxy) is 3. The van der Waals surface area contributed by atoms with Crippen molar-refractivity contribution in [3.63, 3.8) is 0 Å². The van der Waals surface area contributed by atoms with E-state index in [1.165, 1.54) is 49.8 Å². The van der Waals surface area contributed by atoms with Crippen molar-refractivity contribution >= 4 is 53.2 Å². The van der Waals surface area contributed by atoms with Crippen molar-refractivity contribution in [2.45, 2.75) is 188 Å². The second-order valence-electron chi connectivity index (χ2n) is 21.7. The number of amides is 6. The van der Waals surface area contributed by atoms with E-state index in [9.17, 15) is 48.3 Å². The number of cyclic esters (lactones) is 2. The summed E-state index contributed by atoms with van der Waals surface area (Å²) in [5.41, 5.74) is 0.604. The lowest BCUT2D eigenvalue weighted by Gasteiger charge is -2.36. The first-order valence-electron chi connectivity index (χ1n) is 26.5. The SMILES string of the molecule is CC[C@H](C)[C@@H]1NC(=O)[C@@H](NC(=O)[C@@H](CC(C)C)N(C)C(=O)[C@@H]2CCCN2)[C@H](C)OC(=O)[C@H](Cc2ccc(OC)cc2)N(C)C(=O)[C@@H]2CCCN2C(=O)[C@@H](CC(C)C)NC(=O)[C@@H](C)C(=O)[C@@H](C(C)C)OC(=O)C[C@H]1O. The van der Waals surface area contributed by atoms with Crippen LogP contribution in [0.25, 0.3) is 0 Å². The van der Waals surface area contributed by atoms with E-state index in [0.29, 0.717) is 37.1 Å². The van der Waals surface area contributed by atoms with Crippen molar-refractivity contribution in [1.82, 2.24) is 36.0 Å². The molecule has 0 spiro atoms. The fraction of sp³-hybridized carbons (Fsp3) is 0.722. The molecule has 1 aromatic rings. The lowest BCUT2D eigenvalue weighted by molar-refractivity contribution is -0.163. The second-order valence-corrected chi connectivity index (χ2v) is 21.7. The highest BCUT2D eigenvalue weighted by Gasteiger charge is 2.45. The van der Waals surface area contributed by atoms with Crippen LogP contribution in [0.4, 0.5) is 0 Å². The third-order valence-corrected chi connectivity index (χ3v) is 14.7. The number of methoxy groups -OCH3 is 1. The van der Waals surface area contributed by atoms with Gasteiger partial charge in [0.1, 0.15) is 42.1 Å². The van der Waals surface area contributed by atoms with Gasteiger partial charge in [0.2, 0.25) is 35.4 Å². The number of benzene rings is 1. The minimum absolute atomic E-state index is 0.0893. The van der Waals surface area contributed by atoms with Crippen molar-refractivity contribution in [3.8, 4) is 5.75 Å². The fourth-order valence-electron chi connectivity index (χ4n) is 9.90. The Bertz CT molecular complexity index is 2130. The molecule has 0 bridgehead atoms. The van der Waals surface area contributed by atoms with E-state index in [1.54, 1.807) is 45.0 Å². The highest BCUT2D eigenvalue weighted by atomic mass is 16.6. The molecule has 4 rings (SSSR count). The predicted molar refractivity (Wildman–Crippen MR) is 275 cm³/mol. The summed E-state index contributed by atoms with van der Waals surface area (Å²) < 4.78 is 17.2. The molecule has 0 aromatic heterocycles. The molecule has 3 aliphatic rings. The predicted octanol–water partition coefficient (Wildman–Crippen LogP) is 2.70. The van der Waals surface area contributed by atoms with Crippen molar-refractivity contribution in [1.29, 1.82) is 0 Å². The van der Waals surface area contributed by atoms with Crippen molar-refractivity contribution in [2.24, 2.45) is 29.6 Å². The number of likely N-dealkylation sites (N-methyl/N-ethyl adjacent to an activating group) is 2. The number of nitrogens with zero attached hydrogens (tertiary/aromatic N) is 3. The number of carbonyl (C=O) groups excluding carboxylic acids is 9. The van der Waals surface area contributed by atoms with Gasteiger partial charge in [0, 0.05) is 27.1 Å². The second kappa shape index (κ2) is 27.8. The summed E-state index contributed by atoms with van der Waals surface area (Å²) in [4.78, 5) is 133. The van der Waals surface area contributed by atoms with E-state index in [-0.39, 0.29) is 50.0 Å². The van der Waals surface area contributed by atoms with Gasteiger partial charge in [-0.05, 0) is 100 Å². The monoisotopic (exact) mass is 1040 g/mol. The van der Waals surface area contributed by atoms with Crippen LogP contribution in [0.2, 0.25) is 0 Å². The van der Waals surface area contributed by atoms with Gasteiger partial charge in [0.25, 0.3) is 0 Å². The number of hydrogen-bond donors (Lipinski definition) is 5. The Kier molecular flexibility index (Phi) is 22.9. The maximum absolute atomic E-state index is 14.9. The van der Waals surface area contributed by atoms with Crippen molar-refractivity contribution < 1.29 is 62.5 Å². The first-order valence-corrected chi connectivity index (χ1v) is 26.5. The lowest BCUT2D eigenvalue weighted by atomic mass is 9.91. The molecule has 3 fully saturated rings. The van der Waals surface area contributed by atoms with Gasteiger partial charge in [-0.15, -0.1) is 0 Å². The summed E-state index contributed by atoms with van der Waals surface area (Å²) in [6, 6.07) is -1.16. The topological polar surface area (TPSA) is 259 Å². The molecule has 6 amide bonds. The zero-order chi connectivity index (χ0) is 55.3. The van der Waals surface area contributed by atoms with Gasteiger partial charge in [0.05, 0.1) is 37.6 Å². The number of carbonyl (C=O) groups is 9. The maximum atomic E-state index is 14.9. The Morgan fingerprint density at radius 2 is 1.55 bits per heavy atom. The average molecular weight is 1040 g/mol. The minimum atomic E-state index is -1.67. The zero-order valence-electron chi connectivity index (χ0n) is 45.9. The van der Waals surface area contributed by atoms with Crippen LogP contribution in [-0.4, -0.2) is 168 Å². The normalized spacial score (nSPS) is 28.3. The molecule has 1 aromatic carbocycles. The molecule has 0 saturated carbocycles. The van der Waals surface area contributed by atoms with E-state index in [4.69, 9.17) is 14.2 Å². The maximum Gasteiger partial charge on any atom is 0.329 e. The van der Waals surface area contributed by atoms with Gasteiger partial charge >= 0.3 is 11.9 Å². The van der Waals surface area contributed by atoms with E-state index in [0.717, 1.165) is 6.42 Å². The Balaban J connectivity index is 1.88. The van der Waals surface area contributed by atoms with E-state index in [1.807, 2.05) is 34.6 Å². The smallest absolute Gasteiger partial charge is 0.329 e. The molecule has 0 aliphatic carbocycles. The van der Waals surface area contributed by atoms with Crippen LogP contribution in [-0.2, 0) is 59.0 Å². The first-order chi connectivity index (χ1) is 34.8. The number of ketones is 1. The van der Waals surface area contributed by atoms with Crippen molar-refractivity contribution in [3.05, 3.63) is 29.8 Å². The Morgan fingerprint density at radius 1 is 0.892 bits per heavy atom. The summed E-state index contributed by atoms with van der Waals surface area (Å²) in [7, 11) is 4.46. The fourth-order valence-corrected chi connectivity index (χ4v) is 9.90. The molecular weight excluding hydrogens is 955 g/mol. The first kappa shape index (κ1) is 60.9. The Morgan fingerprint density at radius 3 is 2.12 bits per heavy atom. The quantitative estimate of drug-likeness (QED) is 0.133.